The Labute approximate surface area is 123 Å². The van der Waals surface area contributed by atoms with Gasteiger partial charge >= 0.3 is 0 Å². The number of ether oxygens (including phenoxy) is 1. The maximum absolute atomic E-state index is 14.1. The van der Waals surface area contributed by atoms with Crippen molar-refractivity contribution in [3.05, 3.63) is 59.4 Å². The number of ketones is 1. The lowest BCUT2D eigenvalue weighted by Gasteiger charge is -2.30. The van der Waals surface area contributed by atoms with E-state index in [-0.39, 0.29) is 11.6 Å². The lowest BCUT2D eigenvalue weighted by molar-refractivity contribution is 0.0979. The molecule has 1 aliphatic heterocycles. The monoisotopic (exact) mass is 285 g/mol. The average Bonchev–Trinajstić information content (AvgIpc) is 2.52. The van der Waals surface area contributed by atoms with E-state index in [0.29, 0.717) is 30.8 Å². The van der Waals surface area contributed by atoms with Crippen molar-refractivity contribution in [1.82, 2.24) is 0 Å². The highest BCUT2D eigenvalue weighted by Gasteiger charge is 2.23. The molecule has 0 spiro atoms. The van der Waals surface area contributed by atoms with Crippen LogP contribution in [0.25, 0.3) is 0 Å². The number of benzene rings is 2. The normalized spacial score (nSPS) is 14.0. The van der Waals surface area contributed by atoms with Crippen LogP contribution in [0.4, 0.5) is 10.1 Å². The van der Waals surface area contributed by atoms with Crippen molar-refractivity contribution in [3.63, 3.8) is 0 Å². The van der Waals surface area contributed by atoms with Gasteiger partial charge in [-0.1, -0.05) is 18.2 Å². The number of para-hydroxylation sites is 1. The van der Waals surface area contributed by atoms with Gasteiger partial charge in [-0.25, -0.2) is 4.39 Å². The fourth-order valence-electron chi connectivity index (χ4n) is 2.63. The Morgan fingerprint density at radius 3 is 2.81 bits per heavy atom. The topological polar surface area (TPSA) is 29.5 Å². The Bertz CT molecular complexity index is 684. The Balaban J connectivity index is 1.89. The summed E-state index contributed by atoms with van der Waals surface area (Å²) in [6, 6.07) is 12.4. The molecule has 21 heavy (non-hydrogen) atoms. The van der Waals surface area contributed by atoms with E-state index in [1.807, 2.05) is 29.2 Å². The zero-order valence-electron chi connectivity index (χ0n) is 11.8. The number of methoxy groups -OCH3 is 1. The molecule has 0 N–H and O–H groups in total. The van der Waals surface area contributed by atoms with Crippen molar-refractivity contribution < 1.29 is 13.9 Å². The summed E-state index contributed by atoms with van der Waals surface area (Å²) < 4.78 is 19.1. The SMILES string of the molecule is COc1ccc(CN2CCC(=O)c3ccccc32)c(F)c1. The van der Waals surface area contributed by atoms with E-state index in [0.717, 1.165) is 11.3 Å². The summed E-state index contributed by atoms with van der Waals surface area (Å²) in [5.41, 5.74) is 2.20. The van der Waals surface area contributed by atoms with E-state index in [1.165, 1.54) is 13.2 Å². The van der Waals surface area contributed by atoms with Crippen LogP contribution in [0.1, 0.15) is 22.3 Å². The van der Waals surface area contributed by atoms with E-state index in [9.17, 15) is 9.18 Å². The molecule has 0 saturated heterocycles. The molecular weight excluding hydrogens is 269 g/mol. The minimum atomic E-state index is -0.288. The number of halogens is 1. The van der Waals surface area contributed by atoms with Crippen molar-refractivity contribution in [2.45, 2.75) is 13.0 Å². The van der Waals surface area contributed by atoms with E-state index in [4.69, 9.17) is 4.74 Å². The van der Waals surface area contributed by atoms with Gasteiger partial charge in [0.05, 0.1) is 7.11 Å². The second-order valence-corrected chi connectivity index (χ2v) is 5.07. The van der Waals surface area contributed by atoms with Crippen molar-refractivity contribution in [1.29, 1.82) is 0 Å². The standard InChI is InChI=1S/C17H16FNO2/c1-21-13-7-6-12(15(18)10-13)11-19-9-8-17(20)14-4-2-3-5-16(14)19/h2-7,10H,8-9,11H2,1H3. The number of Topliss-reactive ketones (excluding diaryl/α,β-unsaturated/α-hetero) is 1. The molecule has 0 amide bonds. The van der Waals surface area contributed by atoms with Gasteiger partial charge in [0, 0.05) is 42.4 Å². The zero-order valence-corrected chi connectivity index (χ0v) is 11.8. The number of hydrogen-bond acceptors (Lipinski definition) is 3. The second kappa shape index (κ2) is 5.56. The van der Waals surface area contributed by atoms with E-state index >= 15 is 0 Å². The van der Waals surface area contributed by atoms with Crippen LogP contribution >= 0.6 is 0 Å². The first-order chi connectivity index (χ1) is 10.2. The van der Waals surface area contributed by atoms with Gasteiger partial charge in [-0.3, -0.25) is 4.79 Å². The number of hydrogen-bond donors (Lipinski definition) is 0. The van der Waals surface area contributed by atoms with Crippen molar-refractivity contribution >= 4 is 11.5 Å². The number of rotatable bonds is 3. The predicted octanol–water partition coefficient (Wildman–Crippen LogP) is 3.43. The van der Waals surface area contributed by atoms with Gasteiger partial charge in [0.2, 0.25) is 0 Å². The number of carbonyl (C=O) groups excluding carboxylic acids is 1. The first-order valence-electron chi connectivity index (χ1n) is 6.88. The third-order valence-electron chi connectivity index (χ3n) is 3.78. The fourth-order valence-corrected chi connectivity index (χ4v) is 2.63. The maximum Gasteiger partial charge on any atom is 0.166 e. The molecule has 0 aromatic heterocycles. The smallest absolute Gasteiger partial charge is 0.166 e. The van der Waals surface area contributed by atoms with Crippen LogP contribution < -0.4 is 9.64 Å². The number of anilines is 1. The maximum atomic E-state index is 14.1. The molecule has 3 rings (SSSR count). The van der Waals surface area contributed by atoms with Gasteiger partial charge in [0.15, 0.2) is 5.78 Å². The Hall–Kier alpha value is -2.36. The van der Waals surface area contributed by atoms with Crippen molar-refractivity contribution in [2.75, 3.05) is 18.6 Å². The summed E-state index contributed by atoms with van der Waals surface area (Å²) in [5.74, 6) is 0.367. The summed E-state index contributed by atoms with van der Waals surface area (Å²) >= 11 is 0. The first kappa shape index (κ1) is 13.6. The summed E-state index contributed by atoms with van der Waals surface area (Å²) in [4.78, 5) is 14.0. The van der Waals surface area contributed by atoms with Crippen LogP contribution in [-0.2, 0) is 6.54 Å². The highest BCUT2D eigenvalue weighted by Crippen LogP contribution is 2.29. The molecule has 0 saturated carbocycles. The quantitative estimate of drug-likeness (QED) is 0.865. The van der Waals surface area contributed by atoms with Crippen LogP contribution in [0.3, 0.4) is 0 Å². The molecule has 108 valence electrons. The zero-order chi connectivity index (χ0) is 14.8. The first-order valence-corrected chi connectivity index (χ1v) is 6.88. The lowest BCUT2D eigenvalue weighted by Crippen LogP contribution is -2.31. The average molecular weight is 285 g/mol. The molecule has 2 aromatic rings. The second-order valence-electron chi connectivity index (χ2n) is 5.07. The third kappa shape index (κ3) is 2.61. The Kier molecular flexibility index (Phi) is 3.60. The molecule has 3 nitrogen and oxygen atoms in total. The van der Waals surface area contributed by atoms with Gasteiger partial charge in [0.25, 0.3) is 0 Å². The summed E-state index contributed by atoms with van der Waals surface area (Å²) in [7, 11) is 1.51. The summed E-state index contributed by atoms with van der Waals surface area (Å²) in [5, 5.41) is 0. The molecule has 0 fully saturated rings. The molecule has 1 aliphatic rings. The van der Waals surface area contributed by atoms with Crippen LogP contribution in [-0.4, -0.2) is 19.4 Å². The third-order valence-corrected chi connectivity index (χ3v) is 3.78. The van der Waals surface area contributed by atoms with Gasteiger partial charge in [0.1, 0.15) is 11.6 Å². The molecule has 0 unspecified atom stereocenters. The Morgan fingerprint density at radius 1 is 1.24 bits per heavy atom. The van der Waals surface area contributed by atoms with E-state index < -0.39 is 0 Å². The van der Waals surface area contributed by atoms with Crippen LogP contribution in [0, 0.1) is 5.82 Å². The molecule has 2 aromatic carbocycles. The molecule has 0 aliphatic carbocycles. The highest BCUT2D eigenvalue weighted by atomic mass is 19.1. The number of carbonyl (C=O) groups is 1. The van der Waals surface area contributed by atoms with Gasteiger partial charge in [-0.2, -0.15) is 0 Å². The van der Waals surface area contributed by atoms with Gasteiger partial charge in [-0.05, 0) is 18.2 Å². The molecule has 0 bridgehead atoms. The Morgan fingerprint density at radius 2 is 2.05 bits per heavy atom. The van der Waals surface area contributed by atoms with E-state index in [1.54, 1.807) is 12.1 Å². The molecule has 4 heteroatoms. The van der Waals surface area contributed by atoms with Gasteiger partial charge < -0.3 is 9.64 Å². The van der Waals surface area contributed by atoms with E-state index in [2.05, 4.69) is 0 Å². The van der Waals surface area contributed by atoms with Crippen LogP contribution in [0.2, 0.25) is 0 Å². The fraction of sp³-hybridized carbons (Fsp3) is 0.235. The summed E-state index contributed by atoms with van der Waals surface area (Å²) in [6.07, 6.45) is 0.467. The molecule has 1 heterocycles. The molecular formula is C17H16FNO2. The minimum absolute atomic E-state index is 0.150. The highest BCUT2D eigenvalue weighted by molar-refractivity contribution is 6.03. The summed E-state index contributed by atoms with van der Waals surface area (Å²) in [6.45, 7) is 1.06. The minimum Gasteiger partial charge on any atom is -0.497 e. The van der Waals surface area contributed by atoms with Crippen LogP contribution in [0.15, 0.2) is 42.5 Å². The van der Waals surface area contributed by atoms with Crippen molar-refractivity contribution in [2.24, 2.45) is 0 Å². The van der Waals surface area contributed by atoms with Gasteiger partial charge in [-0.15, -0.1) is 0 Å². The lowest BCUT2D eigenvalue weighted by atomic mass is 10.00. The molecule has 0 atom stereocenters. The number of nitrogens with zero attached hydrogens (tertiary/aromatic N) is 1. The molecule has 0 radical (unpaired) electrons. The largest absolute Gasteiger partial charge is 0.497 e. The predicted molar refractivity (Wildman–Crippen MR) is 79.4 cm³/mol. The number of fused-ring (bicyclic) bond motifs is 1. The van der Waals surface area contributed by atoms with Crippen LogP contribution in [0.5, 0.6) is 5.75 Å². The van der Waals surface area contributed by atoms with Crippen molar-refractivity contribution in [3.8, 4) is 5.75 Å².